The molecule has 0 fully saturated rings. The van der Waals surface area contributed by atoms with E-state index in [0.29, 0.717) is 23.6 Å². The van der Waals surface area contributed by atoms with Gasteiger partial charge in [-0.2, -0.15) is 0 Å². The molecular weight excluding hydrogens is 274 g/mol. The summed E-state index contributed by atoms with van der Waals surface area (Å²) in [5.41, 5.74) is 1.14. The molecule has 3 N–H and O–H groups in total. The molecule has 0 saturated heterocycles. The number of nitrogens with one attached hydrogen (secondary N) is 1. The van der Waals surface area contributed by atoms with Gasteiger partial charge in [0.05, 0.1) is 13.2 Å². The molecule has 0 spiro atoms. The Morgan fingerprint density at radius 3 is 2.62 bits per heavy atom. The molecule has 0 aliphatic heterocycles. The van der Waals surface area contributed by atoms with Gasteiger partial charge < -0.3 is 20.3 Å². The van der Waals surface area contributed by atoms with Gasteiger partial charge in [0, 0.05) is 24.1 Å². The smallest absolute Gasteiger partial charge is 0.303 e. The highest BCUT2D eigenvalue weighted by Crippen LogP contribution is 2.23. The summed E-state index contributed by atoms with van der Waals surface area (Å²) in [6.07, 6.45) is 0.0898. The Hall–Kier alpha value is -2.08. The summed E-state index contributed by atoms with van der Waals surface area (Å²) in [7, 11) is 0. The van der Waals surface area contributed by atoms with E-state index in [2.05, 4.69) is 5.32 Å². The van der Waals surface area contributed by atoms with E-state index in [4.69, 9.17) is 9.84 Å². The number of anilines is 1. The van der Waals surface area contributed by atoms with Gasteiger partial charge in [0.25, 0.3) is 0 Å². The fourth-order valence-corrected chi connectivity index (χ4v) is 1.98. The number of carbonyl (C=O) groups is 2. The molecule has 1 unspecified atom stereocenters. The normalized spacial score (nSPS) is 11.8. The first-order chi connectivity index (χ1) is 9.96. The molecule has 1 amide bonds. The molecule has 0 aliphatic carbocycles. The molecule has 1 aromatic carbocycles. The number of carboxylic acid groups (broad SMARTS) is 1. The number of carboxylic acids is 1. The maximum absolute atomic E-state index is 11.8. The lowest BCUT2D eigenvalue weighted by atomic mass is 10.0. The molecule has 116 valence electrons. The van der Waals surface area contributed by atoms with E-state index in [-0.39, 0.29) is 31.3 Å². The number of hydrogen-bond acceptors (Lipinski definition) is 4. The zero-order valence-electron chi connectivity index (χ0n) is 12.3. The van der Waals surface area contributed by atoms with E-state index in [1.165, 1.54) is 0 Å². The van der Waals surface area contributed by atoms with Gasteiger partial charge in [-0.15, -0.1) is 0 Å². The molecule has 1 rings (SSSR count). The lowest BCUT2D eigenvalue weighted by molar-refractivity contribution is -0.138. The highest BCUT2D eigenvalue weighted by atomic mass is 16.5. The fourth-order valence-electron chi connectivity index (χ4n) is 1.98. The Bertz CT molecular complexity index is 501. The van der Waals surface area contributed by atoms with E-state index in [1.807, 2.05) is 6.92 Å². The van der Waals surface area contributed by atoms with Crippen LogP contribution in [0.5, 0.6) is 5.75 Å². The van der Waals surface area contributed by atoms with E-state index in [1.54, 1.807) is 25.1 Å². The average molecular weight is 295 g/mol. The van der Waals surface area contributed by atoms with Gasteiger partial charge in [0.15, 0.2) is 0 Å². The number of aliphatic carboxylic acids is 1. The quantitative estimate of drug-likeness (QED) is 0.682. The van der Waals surface area contributed by atoms with Crippen molar-refractivity contribution in [1.29, 1.82) is 0 Å². The Morgan fingerprint density at radius 1 is 1.33 bits per heavy atom. The van der Waals surface area contributed by atoms with E-state index in [0.717, 1.165) is 0 Å². The van der Waals surface area contributed by atoms with Gasteiger partial charge in [-0.05, 0) is 31.0 Å². The highest BCUT2D eigenvalue weighted by Gasteiger charge is 2.13. The van der Waals surface area contributed by atoms with Gasteiger partial charge >= 0.3 is 5.97 Å². The number of benzene rings is 1. The van der Waals surface area contributed by atoms with Crippen LogP contribution in [0.2, 0.25) is 0 Å². The van der Waals surface area contributed by atoms with E-state index in [9.17, 15) is 14.7 Å². The number of aliphatic hydroxyl groups excluding tert-OH is 1. The van der Waals surface area contributed by atoms with Crippen molar-refractivity contribution in [2.75, 3.05) is 11.9 Å². The third-order valence-electron chi connectivity index (χ3n) is 2.87. The second-order valence-electron chi connectivity index (χ2n) is 4.87. The lowest BCUT2D eigenvalue weighted by Gasteiger charge is -2.12. The Balaban J connectivity index is 2.65. The van der Waals surface area contributed by atoms with Gasteiger partial charge in [0.1, 0.15) is 5.75 Å². The number of hydrogen-bond donors (Lipinski definition) is 3. The summed E-state index contributed by atoms with van der Waals surface area (Å²) >= 11 is 0. The minimum Gasteiger partial charge on any atom is -0.494 e. The van der Waals surface area contributed by atoms with Crippen LogP contribution in [0.25, 0.3) is 0 Å². The molecule has 0 heterocycles. The minimum atomic E-state index is -0.918. The van der Waals surface area contributed by atoms with Crippen molar-refractivity contribution in [3.05, 3.63) is 23.8 Å². The van der Waals surface area contributed by atoms with Crippen LogP contribution in [0.15, 0.2) is 18.2 Å². The minimum absolute atomic E-state index is 0.0431. The summed E-state index contributed by atoms with van der Waals surface area (Å²) in [6, 6.07) is 5.01. The Morgan fingerprint density at radius 2 is 2.05 bits per heavy atom. The van der Waals surface area contributed by atoms with Crippen molar-refractivity contribution in [3.8, 4) is 5.75 Å². The molecule has 6 heteroatoms. The second-order valence-corrected chi connectivity index (χ2v) is 4.87. The van der Waals surface area contributed by atoms with Crippen molar-refractivity contribution >= 4 is 17.6 Å². The number of ether oxygens (including phenoxy) is 1. The summed E-state index contributed by atoms with van der Waals surface area (Å²) in [6.45, 7) is 3.87. The van der Waals surface area contributed by atoms with Crippen molar-refractivity contribution in [2.45, 2.75) is 33.3 Å². The average Bonchev–Trinajstić information content (AvgIpc) is 2.39. The predicted octanol–water partition coefficient (Wildman–Crippen LogP) is 2.02. The molecule has 0 aromatic heterocycles. The maximum Gasteiger partial charge on any atom is 0.303 e. The predicted molar refractivity (Wildman–Crippen MR) is 78.2 cm³/mol. The number of carbonyl (C=O) groups excluding carboxylic acids is 1. The largest absolute Gasteiger partial charge is 0.494 e. The number of amides is 1. The number of rotatable bonds is 8. The lowest BCUT2D eigenvalue weighted by Crippen LogP contribution is -2.17. The van der Waals surface area contributed by atoms with Crippen molar-refractivity contribution in [2.24, 2.45) is 5.92 Å². The molecule has 0 saturated carbocycles. The Kier molecular flexibility index (Phi) is 6.68. The van der Waals surface area contributed by atoms with Crippen molar-refractivity contribution in [1.82, 2.24) is 0 Å². The fraction of sp³-hybridized carbons (Fsp3) is 0.467. The first-order valence-corrected chi connectivity index (χ1v) is 6.84. The standard InChI is InChI=1S/C15H21NO5/c1-3-21-13-5-4-12(8-11(13)9-17)16-14(18)6-10(2)7-15(19)20/h4-5,8,10,17H,3,6-7,9H2,1-2H3,(H,16,18)(H,19,20). The van der Waals surface area contributed by atoms with Crippen LogP contribution in [0.1, 0.15) is 32.3 Å². The van der Waals surface area contributed by atoms with Crippen LogP contribution in [-0.2, 0) is 16.2 Å². The van der Waals surface area contributed by atoms with E-state index < -0.39 is 5.97 Å². The molecule has 0 bridgehead atoms. The molecule has 1 atom stereocenters. The van der Waals surface area contributed by atoms with Crippen LogP contribution in [-0.4, -0.2) is 28.7 Å². The maximum atomic E-state index is 11.8. The van der Waals surface area contributed by atoms with Crippen LogP contribution in [0.4, 0.5) is 5.69 Å². The molecular formula is C15H21NO5. The molecule has 1 aromatic rings. The van der Waals surface area contributed by atoms with Gasteiger partial charge in [-0.3, -0.25) is 9.59 Å². The van der Waals surface area contributed by atoms with Crippen LogP contribution in [0.3, 0.4) is 0 Å². The van der Waals surface area contributed by atoms with Crippen molar-refractivity contribution in [3.63, 3.8) is 0 Å². The molecule has 21 heavy (non-hydrogen) atoms. The zero-order valence-corrected chi connectivity index (χ0v) is 12.3. The monoisotopic (exact) mass is 295 g/mol. The summed E-state index contributed by atoms with van der Waals surface area (Å²) < 4.78 is 5.36. The summed E-state index contributed by atoms with van der Waals surface area (Å²) in [4.78, 5) is 22.4. The van der Waals surface area contributed by atoms with Crippen LogP contribution in [0, 0.1) is 5.92 Å². The van der Waals surface area contributed by atoms with Gasteiger partial charge in [-0.1, -0.05) is 6.92 Å². The topological polar surface area (TPSA) is 95.9 Å². The van der Waals surface area contributed by atoms with E-state index >= 15 is 0 Å². The third-order valence-corrected chi connectivity index (χ3v) is 2.87. The van der Waals surface area contributed by atoms with Gasteiger partial charge in [0.2, 0.25) is 5.91 Å². The second kappa shape index (κ2) is 8.26. The molecule has 0 radical (unpaired) electrons. The third kappa shape index (κ3) is 5.83. The molecule has 6 nitrogen and oxygen atoms in total. The summed E-state index contributed by atoms with van der Waals surface area (Å²) in [5.74, 6) is -0.824. The summed E-state index contributed by atoms with van der Waals surface area (Å²) in [5, 5.41) is 20.6. The highest BCUT2D eigenvalue weighted by molar-refractivity contribution is 5.91. The molecule has 0 aliphatic rings. The number of aliphatic hydroxyl groups is 1. The van der Waals surface area contributed by atoms with Gasteiger partial charge in [-0.25, -0.2) is 0 Å². The first-order valence-electron chi connectivity index (χ1n) is 6.84. The van der Waals surface area contributed by atoms with Crippen LogP contribution < -0.4 is 10.1 Å². The van der Waals surface area contributed by atoms with Crippen LogP contribution >= 0.6 is 0 Å². The first kappa shape index (κ1) is 17.0. The zero-order chi connectivity index (χ0) is 15.8. The van der Waals surface area contributed by atoms with Crippen molar-refractivity contribution < 1.29 is 24.5 Å². The SMILES string of the molecule is CCOc1ccc(NC(=O)CC(C)CC(=O)O)cc1CO. The Labute approximate surface area is 123 Å².